The van der Waals surface area contributed by atoms with E-state index in [0.29, 0.717) is 25.5 Å². The summed E-state index contributed by atoms with van der Waals surface area (Å²) in [6.07, 6.45) is 8.36. The minimum absolute atomic E-state index is 0.0966. The maximum atomic E-state index is 13.1. The standard InChI is InChI=1S/C21H32N4O5S/c1-14(2)31(27,28)24-17-4-3-11-25-18(17)12-29-16-7-5-15(6-8-16)20-21(23-10-9-22-20)30-13-19(25)26/h9-10,14-18,24H,3-8,11-13H2,1-2H3/t15-,16+,17-,18-/m0/s1. The molecule has 9 nitrogen and oxygen atoms in total. The minimum Gasteiger partial charge on any atom is -0.466 e. The largest absolute Gasteiger partial charge is 0.466 e. The molecule has 1 aromatic rings. The van der Waals surface area contributed by atoms with Crippen LogP contribution in [0, 0.1) is 0 Å². The first-order chi connectivity index (χ1) is 14.8. The molecule has 1 saturated heterocycles. The van der Waals surface area contributed by atoms with Crippen LogP contribution in [0.25, 0.3) is 0 Å². The van der Waals surface area contributed by atoms with Gasteiger partial charge >= 0.3 is 0 Å². The topological polar surface area (TPSA) is 111 Å². The number of carbonyl (C=O) groups excluding carboxylic acids is 1. The Bertz CT molecular complexity index is 886. The number of hydrogen-bond acceptors (Lipinski definition) is 7. The van der Waals surface area contributed by atoms with Crippen molar-refractivity contribution in [3.8, 4) is 5.88 Å². The number of nitrogens with zero attached hydrogens (tertiary/aromatic N) is 3. The number of amides is 1. The number of carbonyl (C=O) groups is 1. The minimum atomic E-state index is -3.47. The fourth-order valence-corrected chi connectivity index (χ4v) is 5.70. The van der Waals surface area contributed by atoms with Gasteiger partial charge in [-0.05, 0) is 52.4 Å². The number of sulfonamides is 1. The molecule has 0 spiro atoms. The van der Waals surface area contributed by atoms with E-state index in [2.05, 4.69) is 14.7 Å². The predicted molar refractivity (Wildman–Crippen MR) is 114 cm³/mol. The van der Waals surface area contributed by atoms with Gasteiger partial charge in [-0.1, -0.05) is 0 Å². The zero-order valence-corrected chi connectivity index (χ0v) is 19.0. The average Bonchev–Trinajstić information content (AvgIpc) is 2.77. The van der Waals surface area contributed by atoms with Crippen molar-refractivity contribution >= 4 is 15.9 Å². The van der Waals surface area contributed by atoms with Crippen LogP contribution in [0.5, 0.6) is 5.88 Å². The van der Waals surface area contributed by atoms with Crippen molar-refractivity contribution in [3.05, 3.63) is 18.1 Å². The van der Waals surface area contributed by atoms with Crippen molar-refractivity contribution in [2.24, 2.45) is 0 Å². The number of hydrogen-bond donors (Lipinski definition) is 1. The number of aromatic nitrogens is 2. The van der Waals surface area contributed by atoms with E-state index in [9.17, 15) is 13.2 Å². The van der Waals surface area contributed by atoms with E-state index in [1.165, 1.54) is 0 Å². The molecule has 10 heteroatoms. The van der Waals surface area contributed by atoms with Crippen LogP contribution in [0.2, 0.25) is 0 Å². The normalized spacial score (nSPS) is 29.9. The van der Waals surface area contributed by atoms with Crippen LogP contribution in [0.3, 0.4) is 0 Å². The number of fused-ring (bicyclic) bond motifs is 5. The molecule has 1 aliphatic carbocycles. The molecule has 2 fully saturated rings. The Labute approximate surface area is 184 Å². The highest BCUT2D eigenvalue weighted by molar-refractivity contribution is 7.90. The molecule has 2 bridgehead atoms. The SMILES string of the molecule is CC(C)S(=O)(=O)N[C@H]1CCCN2C(=O)COc3nccnc3[C@H]3CC[C@H](CC3)OC[C@@H]12. The molecule has 5 rings (SSSR count). The second-order valence-corrected chi connectivity index (χ2v) is 11.2. The van der Waals surface area contributed by atoms with E-state index in [1.807, 2.05) is 0 Å². The Balaban J connectivity index is 1.60. The Morgan fingerprint density at radius 1 is 1.13 bits per heavy atom. The van der Waals surface area contributed by atoms with Gasteiger partial charge in [0, 0.05) is 30.9 Å². The van der Waals surface area contributed by atoms with Crippen LogP contribution in [-0.2, 0) is 19.6 Å². The van der Waals surface area contributed by atoms with Gasteiger partial charge < -0.3 is 14.4 Å². The van der Waals surface area contributed by atoms with Crippen LogP contribution in [0.4, 0.5) is 0 Å². The van der Waals surface area contributed by atoms with Gasteiger partial charge in [0.15, 0.2) is 6.61 Å². The summed E-state index contributed by atoms with van der Waals surface area (Å²) in [6, 6.07) is -0.739. The highest BCUT2D eigenvalue weighted by Crippen LogP contribution is 2.37. The molecule has 4 heterocycles. The number of nitrogens with one attached hydrogen (secondary N) is 1. The molecule has 1 aromatic heterocycles. The molecule has 31 heavy (non-hydrogen) atoms. The van der Waals surface area contributed by atoms with E-state index in [4.69, 9.17) is 9.47 Å². The van der Waals surface area contributed by atoms with Gasteiger partial charge in [0.05, 0.1) is 24.0 Å². The highest BCUT2D eigenvalue weighted by atomic mass is 32.2. The molecule has 1 N–H and O–H groups in total. The first-order valence-electron chi connectivity index (χ1n) is 11.2. The van der Waals surface area contributed by atoms with Crippen molar-refractivity contribution in [3.63, 3.8) is 0 Å². The molecule has 1 saturated carbocycles. The van der Waals surface area contributed by atoms with Gasteiger partial charge in [0.25, 0.3) is 5.91 Å². The lowest BCUT2D eigenvalue weighted by Crippen LogP contribution is -2.60. The summed E-state index contributed by atoms with van der Waals surface area (Å²) in [5.41, 5.74) is 0.811. The van der Waals surface area contributed by atoms with Crippen molar-refractivity contribution in [1.82, 2.24) is 19.6 Å². The van der Waals surface area contributed by atoms with Crippen LogP contribution >= 0.6 is 0 Å². The summed E-state index contributed by atoms with van der Waals surface area (Å²) in [5, 5.41) is -0.539. The van der Waals surface area contributed by atoms with Gasteiger partial charge in [0.1, 0.15) is 5.69 Å². The number of rotatable bonds is 3. The lowest BCUT2D eigenvalue weighted by Gasteiger charge is -2.42. The molecule has 0 unspecified atom stereocenters. The van der Waals surface area contributed by atoms with Gasteiger partial charge in [-0.15, -0.1) is 0 Å². The zero-order chi connectivity index (χ0) is 22.0. The predicted octanol–water partition coefficient (Wildman–Crippen LogP) is 1.60. The smallest absolute Gasteiger partial charge is 0.260 e. The molecule has 172 valence electrons. The van der Waals surface area contributed by atoms with Crippen LogP contribution < -0.4 is 9.46 Å². The van der Waals surface area contributed by atoms with Gasteiger partial charge in [-0.2, -0.15) is 0 Å². The zero-order valence-electron chi connectivity index (χ0n) is 18.2. The Kier molecular flexibility index (Phi) is 6.78. The average molecular weight is 453 g/mol. The summed E-state index contributed by atoms with van der Waals surface area (Å²) in [5.74, 6) is 0.475. The molecule has 4 aliphatic rings. The summed E-state index contributed by atoms with van der Waals surface area (Å²) in [7, 11) is -3.47. The van der Waals surface area contributed by atoms with E-state index in [1.54, 1.807) is 31.1 Å². The molecule has 2 atom stereocenters. The molecule has 0 aromatic carbocycles. The second kappa shape index (κ2) is 9.38. The van der Waals surface area contributed by atoms with E-state index in [0.717, 1.165) is 37.8 Å². The van der Waals surface area contributed by atoms with Gasteiger partial charge in [-0.25, -0.2) is 18.1 Å². The third-order valence-electron chi connectivity index (χ3n) is 6.62. The number of ether oxygens (including phenoxy) is 2. The van der Waals surface area contributed by atoms with Crippen LogP contribution in [0.1, 0.15) is 64.0 Å². The summed E-state index contributed by atoms with van der Waals surface area (Å²) < 4.78 is 40.0. The molecular weight excluding hydrogens is 420 g/mol. The van der Waals surface area contributed by atoms with Crippen molar-refractivity contribution < 1.29 is 22.7 Å². The molecular formula is C21H32N4O5S. The maximum absolute atomic E-state index is 13.1. The van der Waals surface area contributed by atoms with Crippen LogP contribution in [-0.4, -0.2) is 72.4 Å². The molecule has 1 amide bonds. The van der Waals surface area contributed by atoms with Crippen molar-refractivity contribution in [2.75, 3.05) is 19.8 Å². The van der Waals surface area contributed by atoms with E-state index >= 15 is 0 Å². The summed E-state index contributed by atoms with van der Waals surface area (Å²) in [6.45, 7) is 4.02. The van der Waals surface area contributed by atoms with Crippen molar-refractivity contribution in [2.45, 2.75) is 81.7 Å². The third kappa shape index (κ3) is 5.01. The van der Waals surface area contributed by atoms with Crippen molar-refractivity contribution in [1.29, 1.82) is 0 Å². The maximum Gasteiger partial charge on any atom is 0.260 e. The van der Waals surface area contributed by atoms with E-state index in [-0.39, 0.29) is 36.6 Å². The first kappa shape index (κ1) is 22.4. The van der Waals surface area contributed by atoms with Gasteiger partial charge in [-0.3, -0.25) is 9.78 Å². The second-order valence-electron chi connectivity index (χ2n) is 8.96. The fourth-order valence-electron chi connectivity index (χ4n) is 4.74. The van der Waals surface area contributed by atoms with Crippen LogP contribution in [0.15, 0.2) is 12.4 Å². The highest BCUT2D eigenvalue weighted by Gasteiger charge is 2.39. The lowest BCUT2D eigenvalue weighted by atomic mass is 9.85. The Morgan fingerprint density at radius 3 is 2.61 bits per heavy atom. The fraction of sp³-hybridized carbons (Fsp3) is 0.762. The lowest BCUT2D eigenvalue weighted by molar-refractivity contribution is -0.140. The summed E-state index contributed by atoms with van der Waals surface area (Å²) in [4.78, 5) is 23.6. The quantitative estimate of drug-likeness (QED) is 0.741. The molecule has 3 aliphatic heterocycles. The third-order valence-corrected chi connectivity index (χ3v) is 8.50. The monoisotopic (exact) mass is 452 g/mol. The Morgan fingerprint density at radius 2 is 1.87 bits per heavy atom. The van der Waals surface area contributed by atoms with Gasteiger partial charge in [0.2, 0.25) is 15.9 Å². The molecule has 0 radical (unpaired) electrons. The van der Waals surface area contributed by atoms with E-state index < -0.39 is 15.3 Å². The Hall–Kier alpha value is -1.78. The number of piperidine rings is 1. The first-order valence-corrected chi connectivity index (χ1v) is 12.8. The summed E-state index contributed by atoms with van der Waals surface area (Å²) >= 11 is 0.